The standard InChI is InChI=1S/C18H17BrN2O3S2/c19-13-6-8-14(9-7-13)26(22,23)17-18(21-10-2-1-3-11-21)24-16(20-17)15-5-4-12-25-15/h4-9,12H,1-3,10-11H2. The molecule has 0 amide bonds. The second-order valence-electron chi connectivity index (χ2n) is 6.11. The summed E-state index contributed by atoms with van der Waals surface area (Å²) in [5.41, 5.74) is 0. The van der Waals surface area contributed by atoms with Crippen LogP contribution in [-0.4, -0.2) is 26.5 Å². The molecule has 1 aliphatic rings. The summed E-state index contributed by atoms with van der Waals surface area (Å²) in [5.74, 6) is 0.715. The molecule has 3 heterocycles. The maximum atomic E-state index is 13.2. The summed E-state index contributed by atoms with van der Waals surface area (Å²) < 4.78 is 33.3. The summed E-state index contributed by atoms with van der Waals surface area (Å²) in [7, 11) is -3.77. The minimum absolute atomic E-state index is 0.00474. The number of oxazole rings is 1. The SMILES string of the molecule is O=S(=O)(c1ccc(Br)cc1)c1nc(-c2cccs2)oc1N1CCCCC1. The lowest BCUT2D eigenvalue weighted by atomic mass is 10.1. The molecule has 2 aromatic heterocycles. The lowest BCUT2D eigenvalue weighted by molar-refractivity contribution is 0.499. The quantitative estimate of drug-likeness (QED) is 0.557. The molecule has 0 spiro atoms. The van der Waals surface area contributed by atoms with E-state index in [0.29, 0.717) is 11.8 Å². The number of sulfone groups is 1. The lowest BCUT2D eigenvalue weighted by Crippen LogP contribution is -2.30. The molecule has 1 saturated heterocycles. The smallest absolute Gasteiger partial charge is 0.240 e. The van der Waals surface area contributed by atoms with Crippen molar-refractivity contribution in [1.29, 1.82) is 0 Å². The Kier molecular flexibility index (Phi) is 4.90. The molecule has 1 fully saturated rings. The molecular formula is C18H17BrN2O3S2. The van der Waals surface area contributed by atoms with Crippen molar-refractivity contribution >= 4 is 43.0 Å². The van der Waals surface area contributed by atoms with Crippen LogP contribution in [0.1, 0.15) is 19.3 Å². The predicted molar refractivity (Wildman–Crippen MR) is 105 cm³/mol. The zero-order chi connectivity index (χ0) is 18.1. The van der Waals surface area contributed by atoms with Gasteiger partial charge in [0.2, 0.25) is 26.6 Å². The van der Waals surface area contributed by atoms with Crippen LogP contribution in [0.2, 0.25) is 0 Å². The van der Waals surface area contributed by atoms with Crippen molar-refractivity contribution in [2.24, 2.45) is 0 Å². The van der Waals surface area contributed by atoms with Crippen molar-refractivity contribution < 1.29 is 12.8 Å². The average Bonchev–Trinajstić information content (AvgIpc) is 3.33. The molecule has 0 saturated carbocycles. The van der Waals surface area contributed by atoms with Crippen LogP contribution in [-0.2, 0) is 9.84 Å². The summed E-state index contributed by atoms with van der Waals surface area (Å²) in [4.78, 5) is 7.43. The topological polar surface area (TPSA) is 63.4 Å². The van der Waals surface area contributed by atoms with Gasteiger partial charge in [0.1, 0.15) is 0 Å². The fourth-order valence-electron chi connectivity index (χ4n) is 3.00. The summed E-state index contributed by atoms with van der Waals surface area (Å²) in [6.07, 6.45) is 3.19. The van der Waals surface area contributed by atoms with Gasteiger partial charge in [-0.1, -0.05) is 22.0 Å². The highest BCUT2D eigenvalue weighted by Crippen LogP contribution is 2.37. The van der Waals surface area contributed by atoms with Gasteiger partial charge in [-0.05, 0) is 55.0 Å². The van der Waals surface area contributed by atoms with E-state index in [0.717, 1.165) is 41.7 Å². The van der Waals surface area contributed by atoms with Crippen LogP contribution in [0.15, 0.2) is 60.6 Å². The van der Waals surface area contributed by atoms with Crippen LogP contribution in [0, 0.1) is 0 Å². The zero-order valence-electron chi connectivity index (χ0n) is 13.9. The van der Waals surface area contributed by atoms with Crippen molar-refractivity contribution in [2.75, 3.05) is 18.0 Å². The second kappa shape index (κ2) is 7.17. The first kappa shape index (κ1) is 17.8. The molecule has 3 aromatic rings. The highest BCUT2D eigenvalue weighted by molar-refractivity contribution is 9.10. The van der Waals surface area contributed by atoms with Gasteiger partial charge in [-0.25, -0.2) is 8.42 Å². The second-order valence-corrected chi connectivity index (χ2v) is 9.84. The number of benzene rings is 1. The van der Waals surface area contributed by atoms with Gasteiger partial charge in [0.05, 0.1) is 9.77 Å². The van der Waals surface area contributed by atoms with Crippen molar-refractivity contribution in [3.63, 3.8) is 0 Å². The normalized spacial score (nSPS) is 15.3. The fourth-order valence-corrected chi connectivity index (χ4v) is 5.24. The van der Waals surface area contributed by atoms with Crippen molar-refractivity contribution in [3.8, 4) is 10.8 Å². The Morgan fingerprint density at radius 2 is 1.81 bits per heavy atom. The van der Waals surface area contributed by atoms with E-state index in [1.807, 2.05) is 22.4 Å². The van der Waals surface area contributed by atoms with Crippen molar-refractivity contribution in [3.05, 3.63) is 46.3 Å². The summed E-state index contributed by atoms with van der Waals surface area (Å²) in [6, 6.07) is 10.4. The van der Waals surface area contributed by atoms with Gasteiger partial charge in [-0.15, -0.1) is 11.3 Å². The van der Waals surface area contributed by atoms with Crippen LogP contribution in [0.25, 0.3) is 10.8 Å². The van der Waals surface area contributed by atoms with Gasteiger partial charge >= 0.3 is 0 Å². The molecule has 0 unspecified atom stereocenters. The number of hydrogen-bond acceptors (Lipinski definition) is 6. The fraction of sp³-hybridized carbons (Fsp3) is 0.278. The Morgan fingerprint density at radius 1 is 1.08 bits per heavy atom. The van der Waals surface area contributed by atoms with E-state index >= 15 is 0 Å². The molecule has 1 aliphatic heterocycles. The Labute approximate surface area is 164 Å². The molecule has 5 nitrogen and oxygen atoms in total. The van der Waals surface area contributed by atoms with E-state index in [1.165, 1.54) is 11.3 Å². The number of piperidine rings is 1. The van der Waals surface area contributed by atoms with Crippen LogP contribution in [0.5, 0.6) is 0 Å². The van der Waals surface area contributed by atoms with Crippen LogP contribution < -0.4 is 4.90 Å². The monoisotopic (exact) mass is 452 g/mol. The van der Waals surface area contributed by atoms with Gasteiger partial charge in [-0.2, -0.15) is 4.98 Å². The van der Waals surface area contributed by atoms with Crippen molar-refractivity contribution in [2.45, 2.75) is 29.2 Å². The zero-order valence-corrected chi connectivity index (χ0v) is 17.1. The Hall–Kier alpha value is -1.64. The van der Waals surface area contributed by atoms with Gasteiger partial charge in [0, 0.05) is 17.6 Å². The first-order valence-corrected chi connectivity index (χ1v) is 11.5. The Morgan fingerprint density at radius 3 is 2.46 bits per heavy atom. The van der Waals surface area contributed by atoms with E-state index in [2.05, 4.69) is 20.9 Å². The largest absolute Gasteiger partial charge is 0.418 e. The third-order valence-electron chi connectivity index (χ3n) is 4.33. The van der Waals surface area contributed by atoms with Gasteiger partial charge < -0.3 is 9.32 Å². The molecule has 26 heavy (non-hydrogen) atoms. The maximum Gasteiger partial charge on any atom is 0.240 e. The number of halogens is 1. The van der Waals surface area contributed by atoms with Crippen molar-refractivity contribution in [1.82, 2.24) is 4.98 Å². The van der Waals surface area contributed by atoms with Crippen LogP contribution in [0.4, 0.5) is 5.88 Å². The minimum Gasteiger partial charge on any atom is -0.418 e. The van der Waals surface area contributed by atoms with Crippen LogP contribution in [0.3, 0.4) is 0 Å². The van der Waals surface area contributed by atoms with E-state index in [9.17, 15) is 8.42 Å². The van der Waals surface area contributed by atoms with Gasteiger partial charge in [0.15, 0.2) is 0 Å². The number of rotatable bonds is 4. The first-order valence-electron chi connectivity index (χ1n) is 8.36. The molecule has 0 radical (unpaired) electrons. The maximum absolute atomic E-state index is 13.2. The van der Waals surface area contributed by atoms with Gasteiger partial charge in [0.25, 0.3) is 0 Å². The Bertz CT molecular complexity index is 990. The van der Waals surface area contributed by atoms with Gasteiger partial charge in [-0.3, -0.25) is 0 Å². The van der Waals surface area contributed by atoms with E-state index in [-0.39, 0.29) is 9.92 Å². The molecule has 8 heteroatoms. The number of nitrogens with zero attached hydrogens (tertiary/aromatic N) is 2. The third kappa shape index (κ3) is 3.33. The third-order valence-corrected chi connectivity index (χ3v) is 7.39. The lowest BCUT2D eigenvalue weighted by Gasteiger charge is -2.26. The molecule has 1 aromatic carbocycles. The molecule has 0 bridgehead atoms. The molecular weight excluding hydrogens is 436 g/mol. The number of anilines is 1. The Balaban J connectivity index is 1.84. The number of hydrogen-bond donors (Lipinski definition) is 0. The molecule has 136 valence electrons. The molecule has 4 rings (SSSR count). The molecule has 0 atom stereocenters. The average molecular weight is 453 g/mol. The van der Waals surface area contributed by atoms with E-state index < -0.39 is 9.84 Å². The van der Waals surface area contributed by atoms with E-state index in [4.69, 9.17) is 4.42 Å². The minimum atomic E-state index is -3.77. The predicted octanol–water partition coefficient (Wildman–Crippen LogP) is 4.99. The summed E-state index contributed by atoms with van der Waals surface area (Å²) in [6.45, 7) is 1.56. The highest BCUT2D eigenvalue weighted by Gasteiger charge is 2.32. The molecule has 0 N–H and O–H groups in total. The van der Waals surface area contributed by atoms with Crippen LogP contribution >= 0.6 is 27.3 Å². The first-order chi connectivity index (χ1) is 12.6. The molecule has 0 aliphatic carbocycles. The summed E-state index contributed by atoms with van der Waals surface area (Å²) in [5, 5.41) is 1.92. The number of aromatic nitrogens is 1. The highest BCUT2D eigenvalue weighted by atomic mass is 79.9. The number of thiophene rings is 1. The summed E-state index contributed by atoms with van der Waals surface area (Å²) >= 11 is 4.82. The van der Waals surface area contributed by atoms with E-state index in [1.54, 1.807) is 24.3 Å².